The average Bonchev–Trinajstić information content (AvgIpc) is 0.665. The molecule has 7 saturated heterocycles. The van der Waals surface area contributed by atoms with Crippen LogP contribution in [0.3, 0.4) is 0 Å². The molecular weight excluding hydrogens is 1430 g/mol. The summed E-state index contributed by atoms with van der Waals surface area (Å²) in [7, 11) is 0. The van der Waals surface area contributed by atoms with E-state index >= 15 is 4.79 Å². The second-order valence-corrected chi connectivity index (χ2v) is 34.0. The number of allylic oxidation sites excluding steroid dienone is 2. The number of aliphatic hydroxyl groups is 22. The number of aliphatic hydroxyl groups excluding tert-OH is 22. The topological polar surface area (TPSA) is 591 Å². The van der Waals surface area contributed by atoms with Crippen LogP contribution in [0.15, 0.2) is 11.6 Å². The van der Waals surface area contributed by atoms with Gasteiger partial charge in [0.1, 0.15) is 140 Å². The molecule has 107 heavy (non-hydrogen) atoms. The van der Waals surface area contributed by atoms with Crippen molar-refractivity contribution < 1.29 is 183 Å². The van der Waals surface area contributed by atoms with Crippen LogP contribution in [0.1, 0.15) is 107 Å². The number of fused-ring (bicyclic) bond motifs is 7. The molecule has 45 atom stereocenters. The van der Waals surface area contributed by atoms with Gasteiger partial charge in [-0.15, -0.1) is 0 Å². The Kier molecular flexibility index (Phi) is 24.7. The highest BCUT2D eigenvalue weighted by Crippen LogP contribution is 2.76. The molecule has 4 saturated carbocycles. The molecule has 0 aromatic carbocycles. The monoisotopic (exact) mass is 1550 g/mol. The second-order valence-electron chi connectivity index (χ2n) is 34.0. The number of rotatable bonds is 17. The first kappa shape index (κ1) is 84.2. The maximum absolute atomic E-state index is 15.8. The highest BCUT2D eigenvalue weighted by atomic mass is 16.8. The second kappa shape index (κ2) is 31.4. The van der Waals surface area contributed by atoms with Crippen molar-refractivity contribution in [3.05, 3.63) is 11.6 Å². The molecule has 5 aliphatic carbocycles. The van der Waals surface area contributed by atoms with Crippen LogP contribution in [0.5, 0.6) is 0 Å². The zero-order chi connectivity index (χ0) is 78.3. The number of carbonyl (C=O) groups is 1. The standard InChI is InChI=1S/C70H114O37/c1-23-36(79)41(84)44(87)58(96-23)102-51-31(77)21-94-57(47(51)90)101-50-25(3)98-61(49(92)53(50)104-59-45(88)42(85)37(80)24(2)97-59)105-54-38(81)30(76)20-95-63(54)107-64(93)70-13-12-65(4,5)14-27(70)26-10-11-34-66(6)15-29(75)56(67(7,22-73)55(66)28(74)16-69(34,9)68(26,8)17-35(70)78)106-62-48(91)52(40(83)33(19-72)100-62)103-60-46(89)43(86)39(82)32(18-71)99-60/h10,23-25,27-63,71-92H,11-22H2,1-9H3/t23-,24-,25-,27?,28?,29-,30-,31+,32+,33+,34+,35+,36-,37-,38-,39+,40+,41+,42+,43-,44+,45+,46+,47+,48+,49+,50-,51-,52-,53-,54+,55?,56-,57-,58-,59-,60-,61-,62-,63-,66+,67-,68+,69+,70+/m0/s1. The zero-order valence-electron chi connectivity index (χ0n) is 61.1. The van der Waals surface area contributed by atoms with Gasteiger partial charge >= 0.3 is 5.97 Å². The lowest BCUT2D eigenvalue weighted by Crippen LogP contribution is -2.73. The van der Waals surface area contributed by atoms with E-state index in [1.807, 2.05) is 34.6 Å². The zero-order valence-corrected chi connectivity index (χ0v) is 61.1. The number of carbonyl (C=O) groups excluding carboxylic acids is 1. The smallest absolute Gasteiger partial charge is 0.317 e. The molecule has 0 bridgehead atoms. The van der Waals surface area contributed by atoms with E-state index in [9.17, 15) is 112 Å². The largest absolute Gasteiger partial charge is 0.432 e. The van der Waals surface area contributed by atoms with Crippen LogP contribution < -0.4 is 0 Å². The van der Waals surface area contributed by atoms with E-state index in [0.717, 1.165) is 5.57 Å². The lowest BCUT2D eigenvalue weighted by atomic mass is 9.32. The van der Waals surface area contributed by atoms with E-state index in [-0.39, 0.29) is 25.7 Å². The maximum atomic E-state index is 15.8. The molecule has 37 nitrogen and oxygen atoms in total. The Hall–Kier alpha value is -2.19. The lowest BCUT2D eigenvalue weighted by molar-refractivity contribution is -0.395. The molecule has 0 radical (unpaired) electrons. The van der Waals surface area contributed by atoms with Gasteiger partial charge in [-0.3, -0.25) is 4.79 Å². The van der Waals surface area contributed by atoms with Crippen LogP contribution in [0, 0.1) is 50.2 Å². The van der Waals surface area contributed by atoms with Gasteiger partial charge < -0.3 is 179 Å². The number of esters is 1. The van der Waals surface area contributed by atoms with Crippen LogP contribution in [0.4, 0.5) is 0 Å². The first-order valence-electron chi connectivity index (χ1n) is 37.2. The summed E-state index contributed by atoms with van der Waals surface area (Å²) in [6, 6.07) is 0. The fraction of sp³-hybridized carbons (Fsp3) is 0.957. The molecule has 616 valence electrons. The van der Waals surface area contributed by atoms with E-state index in [4.69, 9.17) is 66.3 Å². The number of ether oxygens (including phenoxy) is 14. The first-order chi connectivity index (χ1) is 50.1. The highest BCUT2D eigenvalue weighted by Gasteiger charge is 2.75. The molecule has 0 aromatic heterocycles. The normalized spacial score (nSPS) is 56.5. The van der Waals surface area contributed by atoms with E-state index < -0.39 is 316 Å². The summed E-state index contributed by atoms with van der Waals surface area (Å²) in [5.41, 5.74) is -6.07. The Balaban J connectivity index is 0.791. The molecule has 11 fully saturated rings. The third kappa shape index (κ3) is 14.4. The molecule has 12 aliphatic rings. The minimum atomic E-state index is -2.15. The summed E-state index contributed by atoms with van der Waals surface area (Å²) in [6.45, 7) is 12.1. The van der Waals surface area contributed by atoms with Gasteiger partial charge in [0, 0.05) is 11.3 Å². The summed E-state index contributed by atoms with van der Waals surface area (Å²) >= 11 is 0. The fourth-order valence-corrected chi connectivity index (χ4v) is 20.7. The van der Waals surface area contributed by atoms with E-state index in [1.165, 1.54) is 20.8 Å². The van der Waals surface area contributed by atoms with Gasteiger partial charge in [0.15, 0.2) is 43.8 Å². The van der Waals surface area contributed by atoms with Crippen molar-refractivity contribution in [1.82, 2.24) is 0 Å². The Morgan fingerprint density at radius 3 is 1.52 bits per heavy atom. The third-order valence-corrected chi connectivity index (χ3v) is 26.9. The van der Waals surface area contributed by atoms with Crippen LogP contribution >= 0.6 is 0 Å². The Morgan fingerprint density at radius 2 is 0.925 bits per heavy atom. The molecular formula is C70H114O37. The van der Waals surface area contributed by atoms with Gasteiger partial charge in [0.05, 0.1) is 75.8 Å². The minimum absolute atomic E-state index is 0.0393. The molecule has 0 amide bonds. The maximum Gasteiger partial charge on any atom is 0.317 e. The van der Waals surface area contributed by atoms with Gasteiger partial charge in [-0.2, -0.15) is 0 Å². The van der Waals surface area contributed by atoms with Crippen molar-refractivity contribution >= 4 is 5.97 Å². The predicted octanol–water partition coefficient (Wildman–Crippen LogP) is -8.32. The van der Waals surface area contributed by atoms with Crippen molar-refractivity contribution in [2.45, 2.75) is 334 Å². The minimum Gasteiger partial charge on any atom is -0.432 e. The van der Waals surface area contributed by atoms with E-state index in [2.05, 4.69) is 6.08 Å². The molecule has 0 spiro atoms. The SMILES string of the molecule is C[C@@H]1O[C@@H](O[C@@H]2[C@@H](O)[C@H](O[C@@H]3[C@@H](O[C@@H]4O[C@@H](C)[C@H](O)[C@@H](O)[C@H]4O)[C@@H](O)[C@H](O[C@H]4[C@H](OC(=O)[C@]56CCC(C)(C)CC5C5=CC[C@@H]7[C@@]8(C)C[C@H](O)[C@H](O[C@@H]9O[C@H](CO)[C@@H](O)[C@H](O[C@@H]%10O[C@H](CO)[C@@H](O)[C@H](O)[C@H]%10O)[C@H]9O)[C@@](C)(CO)C8C(O)C[C@@]7(C)[C@]5(C)C[C@H]6O)OC[C@H](O)[C@@H]4O)O[C@H]3C)OC[C@H]2O)[C@H](O)[C@H](O)[C@H]1O. The quantitative estimate of drug-likeness (QED) is 0.0365. The summed E-state index contributed by atoms with van der Waals surface area (Å²) in [5, 5.41) is 248. The summed E-state index contributed by atoms with van der Waals surface area (Å²) in [5.74, 6) is -3.09. The molecule has 12 rings (SSSR count). The summed E-state index contributed by atoms with van der Waals surface area (Å²) < 4.78 is 83.9. The van der Waals surface area contributed by atoms with Gasteiger partial charge in [0.2, 0.25) is 6.29 Å². The van der Waals surface area contributed by atoms with Crippen molar-refractivity contribution in [2.24, 2.45) is 50.2 Å². The number of hydrogen-bond donors (Lipinski definition) is 22. The Bertz CT molecular complexity index is 3070. The van der Waals surface area contributed by atoms with Crippen LogP contribution in [0.2, 0.25) is 0 Å². The van der Waals surface area contributed by atoms with Crippen molar-refractivity contribution in [3.63, 3.8) is 0 Å². The van der Waals surface area contributed by atoms with E-state index in [1.54, 1.807) is 6.92 Å². The Morgan fingerprint density at radius 1 is 0.439 bits per heavy atom. The first-order valence-corrected chi connectivity index (χ1v) is 37.2. The highest BCUT2D eigenvalue weighted by molar-refractivity contribution is 5.80. The van der Waals surface area contributed by atoms with Crippen LogP contribution in [0.25, 0.3) is 0 Å². The summed E-state index contributed by atoms with van der Waals surface area (Å²) in [4.78, 5) is 15.8. The number of hydrogen-bond acceptors (Lipinski definition) is 37. The average molecular weight is 1550 g/mol. The Labute approximate surface area is 616 Å². The lowest BCUT2D eigenvalue weighted by Gasteiger charge is -2.73. The van der Waals surface area contributed by atoms with Gasteiger partial charge in [0.25, 0.3) is 0 Å². The molecule has 22 N–H and O–H groups in total. The van der Waals surface area contributed by atoms with Crippen LogP contribution in [-0.4, -0.2) is 378 Å². The fourth-order valence-electron chi connectivity index (χ4n) is 20.7. The van der Waals surface area contributed by atoms with Gasteiger partial charge in [-0.1, -0.05) is 53.2 Å². The molecule has 7 aliphatic heterocycles. The van der Waals surface area contributed by atoms with Crippen molar-refractivity contribution in [2.75, 3.05) is 33.0 Å². The molecule has 37 heteroatoms. The molecule has 0 aromatic rings. The van der Waals surface area contributed by atoms with Gasteiger partial charge in [-0.25, -0.2) is 0 Å². The van der Waals surface area contributed by atoms with E-state index in [0.29, 0.717) is 19.3 Å². The molecule has 7 heterocycles. The third-order valence-electron chi connectivity index (χ3n) is 26.9. The van der Waals surface area contributed by atoms with Crippen molar-refractivity contribution in [3.8, 4) is 0 Å². The van der Waals surface area contributed by atoms with Crippen molar-refractivity contribution in [1.29, 1.82) is 0 Å². The summed E-state index contributed by atoms with van der Waals surface area (Å²) in [6.07, 6.45) is -60.9. The predicted molar refractivity (Wildman–Crippen MR) is 350 cm³/mol. The van der Waals surface area contributed by atoms with Gasteiger partial charge in [-0.05, 0) is 99.2 Å². The van der Waals surface area contributed by atoms with Crippen LogP contribution in [-0.2, 0) is 71.1 Å². The molecule has 3 unspecified atom stereocenters.